The molecule has 1 amide bonds. The lowest BCUT2D eigenvalue weighted by molar-refractivity contribution is 0.101. The van der Waals surface area contributed by atoms with Crippen molar-refractivity contribution in [2.24, 2.45) is 0 Å². The van der Waals surface area contributed by atoms with Crippen LogP contribution in [0, 0.1) is 42.9 Å². The van der Waals surface area contributed by atoms with Gasteiger partial charge in [0.15, 0.2) is 29.0 Å². The maximum atomic E-state index is 13.9. The van der Waals surface area contributed by atoms with E-state index in [0.717, 1.165) is 22.6 Å². The normalized spacial score (nSPS) is 11.1. The van der Waals surface area contributed by atoms with Crippen molar-refractivity contribution in [3.63, 3.8) is 0 Å². The largest absolute Gasteiger partial charge is 0.488 e. The third-order valence-corrected chi connectivity index (χ3v) is 5.18. The number of hydrogen-bond acceptors (Lipinski definition) is 5. The van der Waals surface area contributed by atoms with E-state index in [1.165, 1.54) is 0 Å². The van der Waals surface area contributed by atoms with Crippen LogP contribution in [0.3, 0.4) is 0 Å². The van der Waals surface area contributed by atoms with E-state index in [9.17, 15) is 26.7 Å². The summed E-state index contributed by atoms with van der Waals surface area (Å²) in [5, 5.41) is 10.0. The Hall–Kier alpha value is -4.22. The summed E-state index contributed by atoms with van der Waals surface area (Å²) in [6.45, 7) is 2.72. The number of ether oxygens (including phenoxy) is 1. The minimum atomic E-state index is -2.25. The van der Waals surface area contributed by atoms with Crippen LogP contribution in [0.4, 0.5) is 27.6 Å². The lowest BCUT2D eigenvalue weighted by Gasteiger charge is -2.09. The first-order chi connectivity index (χ1) is 16.7. The Morgan fingerprint density at radius 3 is 2.34 bits per heavy atom. The quantitative estimate of drug-likeness (QED) is 0.222. The number of aryl methyl sites for hydroxylation is 2. The zero-order valence-electron chi connectivity index (χ0n) is 18.3. The highest BCUT2D eigenvalue weighted by Crippen LogP contribution is 2.25. The number of anilines is 1. The van der Waals surface area contributed by atoms with E-state index in [1.807, 2.05) is 19.1 Å². The van der Waals surface area contributed by atoms with Crippen LogP contribution in [0.2, 0.25) is 0 Å². The van der Waals surface area contributed by atoms with Crippen molar-refractivity contribution in [2.45, 2.75) is 27.0 Å². The van der Waals surface area contributed by atoms with Gasteiger partial charge in [-0.25, -0.2) is 22.0 Å². The van der Waals surface area contributed by atoms with E-state index < -0.39 is 47.1 Å². The topological polar surface area (TPSA) is 82.2 Å². The standard InChI is InChI=1S/C23H17F5N4O3/c1-11-5-3-4-6-16(11)34-10-15-12(2)35-31-22(15)23(33)30-13-7-29-32(8-13)9-14-17(24)19(26)21(28)20(27)18(14)25/h3-8H,9-10H2,1-2H3,(H,30,33). The lowest BCUT2D eigenvalue weighted by Crippen LogP contribution is -2.15. The molecule has 4 aromatic rings. The number of aromatic nitrogens is 3. The molecule has 0 unspecified atom stereocenters. The SMILES string of the molecule is Cc1ccccc1OCc1c(C(=O)Nc2cnn(Cc3c(F)c(F)c(F)c(F)c3F)c2)noc1C. The summed E-state index contributed by atoms with van der Waals surface area (Å²) in [6, 6.07) is 7.31. The molecule has 4 rings (SSSR count). The van der Waals surface area contributed by atoms with Gasteiger partial charge in [-0.15, -0.1) is 0 Å². The third kappa shape index (κ3) is 4.72. The van der Waals surface area contributed by atoms with Gasteiger partial charge in [0.1, 0.15) is 18.1 Å². The van der Waals surface area contributed by atoms with Gasteiger partial charge in [-0.2, -0.15) is 5.10 Å². The predicted octanol–water partition coefficient (Wildman–Crippen LogP) is 5.06. The Labute approximate surface area is 195 Å². The van der Waals surface area contributed by atoms with Crippen molar-refractivity contribution in [3.05, 3.63) is 93.9 Å². The third-order valence-electron chi connectivity index (χ3n) is 5.18. The molecule has 35 heavy (non-hydrogen) atoms. The number of para-hydroxylation sites is 1. The number of nitrogens with one attached hydrogen (secondary N) is 1. The molecular formula is C23H17F5N4O3. The minimum absolute atomic E-state index is 0.00243. The first-order valence-electron chi connectivity index (χ1n) is 10.1. The zero-order chi connectivity index (χ0) is 25.3. The van der Waals surface area contributed by atoms with Crippen molar-refractivity contribution in [2.75, 3.05) is 5.32 Å². The molecule has 7 nitrogen and oxygen atoms in total. The molecule has 2 heterocycles. The molecule has 2 aromatic heterocycles. The van der Waals surface area contributed by atoms with Crippen LogP contribution in [0.15, 0.2) is 41.2 Å². The van der Waals surface area contributed by atoms with Crippen molar-refractivity contribution in [3.8, 4) is 5.75 Å². The number of amides is 1. The molecule has 0 saturated heterocycles. The molecule has 182 valence electrons. The van der Waals surface area contributed by atoms with E-state index in [2.05, 4.69) is 15.6 Å². The summed E-state index contributed by atoms with van der Waals surface area (Å²) in [5.41, 5.74) is 0.271. The minimum Gasteiger partial charge on any atom is -0.488 e. The van der Waals surface area contributed by atoms with Crippen LogP contribution in [-0.4, -0.2) is 20.8 Å². The van der Waals surface area contributed by atoms with Crippen LogP contribution < -0.4 is 10.1 Å². The van der Waals surface area contributed by atoms with Crippen molar-refractivity contribution >= 4 is 11.6 Å². The summed E-state index contributed by atoms with van der Waals surface area (Å²) < 4.78 is 79.7. The second-order valence-corrected chi connectivity index (χ2v) is 7.55. The van der Waals surface area contributed by atoms with Gasteiger partial charge in [0.05, 0.1) is 29.6 Å². The highest BCUT2D eigenvalue weighted by atomic mass is 19.2. The van der Waals surface area contributed by atoms with Gasteiger partial charge in [0.2, 0.25) is 5.82 Å². The summed E-state index contributed by atoms with van der Waals surface area (Å²) in [7, 11) is 0. The van der Waals surface area contributed by atoms with E-state index >= 15 is 0 Å². The first-order valence-corrected chi connectivity index (χ1v) is 10.1. The van der Waals surface area contributed by atoms with Crippen molar-refractivity contribution in [1.82, 2.24) is 14.9 Å². The number of hydrogen-bond donors (Lipinski definition) is 1. The Morgan fingerprint density at radius 2 is 1.66 bits per heavy atom. The average Bonchev–Trinajstić information content (AvgIpc) is 3.44. The number of halogens is 5. The maximum Gasteiger partial charge on any atom is 0.278 e. The zero-order valence-corrected chi connectivity index (χ0v) is 18.3. The molecular weight excluding hydrogens is 475 g/mol. The van der Waals surface area contributed by atoms with Gasteiger partial charge >= 0.3 is 0 Å². The van der Waals surface area contributed by atoms with Crippen LogP contribution in [0.1, 0.15) is 32.9 Å². The highest BCUT2D eigenvalue weighted by molar-refractivity contribution is 6.03. The second-order valence-electron chi connectivity index (χ2n) is 7.55. The fourth-order valence-electron chi connectivity index (χ4n) is 3.26. The molecule has 0 spiro atoms. The monoisotopic (exact) mass is 492 g/mol. The van der Waals surface area contributed by atoms with Crippen LogP contribution in [0.25, 0.3) is 0 Å². The first kappa shape index (κ1) is 23.9. The Morgan fingerprint density at radius 1 is 1.00 bits per heavy atom. The number of nitrogens with zero attached hydrogens (tertiary/aromatic N) is 3. The van der Waals surface area contributed by atoms with Gasteiger partial charge < -0.3 is 14.6 Å². The van der Waals surface area contributed by atoms with E-state index in [1.54, 1.807) is 19.1 Å². The van der Waals surface area contributed by atoms with Crippen LogP contribution in [-0.2, 0) is 13.2 Å². The Bertz CT molecular complexity index is 1390. The number of carbonyl (C=O) groups is 1. The lowest BCUT2D eigenvalue weighted by atomic mass is 10.1. The summed E-state index contributed by atoms with van der Waals surface area (Å²) in [5.74, 6) is -9.97. The van der Waals surface area contributed by atoms with E-state index in [-0.39, 0.29) is 18.0 Å². The van der Waals surface area contributed by atoms with Gasteiger partial charge in [-0.3, -0.25) is 9.48 Å². The number of carbonyl (C=O) groups excluding carboxylic acids is 1. The number of benzene rings is 2. The van der Waals surface area contributed by atoms with Crippen LogP contribution >= 0.6 is 0 Å². The molecule has 1 N–H and O–H groups in total. The van der Waals surface area contributed by atoms with Gasteiger partial charge in [-0.1, -0.05) is 23.4 Å². The Kier molecular flexibility index (Phi) is 6.54. The Balaban J connectivity index is 1.48. The van der Waals surface area contributed by atoms with E-state index in [4.69, 9.17) is 9.26 Å². The molecule has 0 atom stereocenters. The molecule has 0 aliphatic rings. The molecule has 0 fully saturated rings. The van der Waals surface area contributed by atoms with Gasteiger partial charge in [0, 0.05) is 6.20 Å². The summed E-state index contributed by atoms with van der Waals surface area (Å²) >= 11 is 0. The predicted molar refractivity (Wildman–Crippen MR) is 112 cm³/mol. The fraction of sp³-hybridized carbons (Fsp3) is 0.174. The molecule has 12 heteroatoms. The van der Waals surface area contributed by atoms with Crippen molar-refractivity contribution in [1.29, 1.82) is 0 Å². The molecule has 2 aromatic carbocycles. The van der Waals surface area contributed by atoms with E-state index in [0.29, 0.717) is 17.1 Å². The van der Waals surface area contributed by atoms with Gasteiger partial charge in [-0.05, 0) is 25.5 Å². The smallest absolute Gasteiger partial charge is 0.278 e. The molecule has 0 radical (unpaired) electrons. The molecule has 0 aliphatic carbocycles. The molecule has 0 bridgehead atoms. The second kappa shape index (κ2) is 9.57. The summed E-state index contributed by atoms with van der Waals surface area (Å²) in [6.07, 6.45) is 2.30. The maximum absolute atomic E-state index is 13.9. The van der Waals surface area contributed by atoms with Crippen LogP contribution in [0.5, 0.6) is 5.75 Å². The molecule has 0 aliphatic heterocycles. The average molecular weight is 492 g/mol. The number of rotatable bonds is 7. The summed E-state index contributed by atoms with van der Waals surface area (Å²) in [4.78, 5) is 12.7. The molecule has 0 saturated carbocycles. The highest BCUT2D eigenvalue weighted by Gasteiger charge is 2.26. The van der Waals surface area contributed by atoms with Gasteiger partial charge in [0.25, 0.3) is 5.91 Å². The van der Waals surface area contributed by atoms with Crippen molar-refractivity contribution < 1.29 is 36.0 Å². The fourth-order valence-corrected chi connectivity index (χ4v) is 3.26.